The van der Waals surface area contributed by atoms with E-state index in [1.54, 1.807) is 12.1 Å². The Balaban J connectivity index is 1.31. The number of amides is 1. The lowest BCUT2D eigenvalue weighted by Gasteiger charge is -2.14. The Kier molecular flexibility index (Phi) is 6.66. The minimum Gasteiger partial charge on any atom is -0.493 e. The quantitative estimate of drug-likeness (QED) is 0.486. The van der Waals surface area contributed by atoms with Gasteiger partial charge in [0.05, 0.1) is 12.2 Å². The van der Waals surface area contributed by atoms with E-state index in [0.717, 1.165) is 11.8 Å². The monoisotopic (exact) mass is 427 g/mol. The molecule has 1 aliphatic carbocycles. The zero-order valence-electron chi connectivity index (χ0n) is 17.9. The summed E-state index contributed by atoms with van der Waals surface area (Å²) in [7, 11) is 0. The number of hydrogen-bond donors (Lipinski definition) is 1. The van der Waals surface area contributed by atoms with Crippen LogP contribution in [0.2, 0.25) is 0 Å². The molecule has 0 atom stereocenters. The molecule has 5 nitrogen and oxygen atoms in total. The van der Waals surface area contributed by atoms with Gasteiger partial charge < -0.3 is 14.8 Å². The van der Waals surface area contributed by atoms with E-state index in [9.17, 15) is 9.59 Å². The van der Waals surface area contributed by atoms with Gasteiger partial charge in [0.25, 0.3) is 0 Å². The Morgan fingerprint density at radius 3 is 2.34 bits per heavy atom. The van der Waals surface area contributed by atoms with Gasteiger partial charge in [-0.3, -0.25) is 4.79 Å². The number of alkyl carbamates (subject to hydrolysis) is 1. The molecule has 0 bridgehead atoms. The molecule has 0 spiro atoms. The number of carbonyl (C=O) groups is 2. The van der Waals surface area contributed by atoms with Crippen molar-refractivity contribution in [1.82, 2.24) is 5.32 Å². The zero-order chi connectivity index (χ0) is 22.3. The van der Waals surface area contributed by atoms with E-state index in [1.807, 2.05) is 49.4 Å². The lowest BCUT2D eigenvalue weighted by Crippen LogP contribution is -2.26. The fourth-order valence-corrected chi connectivity index (χ4v) is 4.04. The molecule has 0 saturated carbocycles. The summed E-state index contributed by atoms with van der Waals surface area (Å²) < 4.78 is 10.9. The molecule has 32 heavy (non-hydrogen) atoms. The molecule has 162 valence electrons. The molecule has 0 heterocycles. The number of fused-ring (bicyclic) bond motifs is 3. The number of benzene rings is 3. The van der Waals surface area contributed by atoms with Crippen molar-refractivity contribution < 1.29 is 19.1 Å². The molecule has 4 rings (SSSR count). The van der Waals surface area contributed by atoms with Crippen LogP contribution in [0.25, 0.3) is 17.2 Å². The number of ether oxygens (including phenoxy) is 2. The van der Waals surface area contributed by atoms with Crippen LogP contribution in [0.1, 0.15) is 39.9 Å². The van der Waals surface area contributed by atoms with E-state index >= 15 is 0 Å². The highest BCUT2D eigenvalue weighted by molar-refractivity contribution is 5.81. The maximum Gasteiger partial charge on any atom is 0.407 e. The Bertz CT molecular complexity index is 1110. The second kappa shape index (κ2) is 9.96. The highest BCUT2D eigenvalue weighted by Gasteiger charge is 2.28. The first-order valence-corrected chi connectivity index (χ1v) is 10.7. The summed E-state index contributed by atoms with van der Waals surface area (Å²) in [6, 6.07) is 21.9. The molecule has 0 unspecified atom stereocenters. The van der Waals surface area contributed by atoms with Crippen molar-refractivity contribution in [3.63, 3.8) is 0 Å². The van der Waals surface area contributed by atoms with E-state index in [4.69, 9.17) is 9.47 Å². The molecular formula is C27H25NO4. The van der Waals surface area contributed by atoms with E-state index in [0.29, 0.717) is 24.5 Å². The van der Waals surface area contributed by atoms with E-state index in [1.165, 1.54) is 22.3 Å². The van der Waals surface area contributed by atoms with Crippen molar-refractivity contribution in [3.05, 3.63) is 95.1 Å². The summed E-state index contributed by atoms with van der Waals surface area (Å²) >= 11 is 0. The summed E-state index contributed by atoms with van der Waals surface area (Å²) in [5, 5.41) is 2.74. The Labute approximate surface area is 187 Å². The van der Waals surface area contributed by atoms with Crippen molar-refractivity contribution in [2.75, 3.05) is 19.8 Å². The van der Waals surface area contributed by atoms with Gasteiger partial charge in [-0.05, 0) is 46.9 Å². The van der Waals surface area contributed by atoms with Crippen molar-refractivity contribution in [2.24, 2.45) is 0 Å². The minimum absolute atomic E-state index is 0.0364. The predicted molar refractivity (Wildman–Crippen MR) is 125 cm³/mol. The summed E-state index contributed by atoms with van der Waals surface area (Å²) in [5.74, 6) is 0.603. The van der Waals surface area contributed by atoms with Gasteiger partial charge in [-0.15, -0.1) is 0 Å². The normalized spacial score (nSPS) is 12.3. The van der Waals surface area contributed by atoms with Gasteiger partial charge in [0.1, 0.15) is 12.4 Å². The SMILES string of the molecule is CCOc1ccc(C=CCNC(=O)OCC2c3ccccc3-c3ccccc32)cc1C=O. The van der Waals surface area contributed by atoms with Crippen LogP contribution in [0.4, 0.5) is 4.79 Å². The molecule has 0 radical (unpaired) electrons. The number of rotatable bonds is 8. The molecule has 0 fully saturated rings. The second-order valence-electron chi connectivity index (χ2n) is 7.46. The van der Waals surface area contributed by atoms with Crippen LogP contribution in [0, 0.1) is 0 Å². The van der Waals surface area contributed by atoms with Crippen LogP contribution in [-0.2, 0) is 4.74 Å². The third-order valence-electron chi connectivity index (χ3n) is 5.48. The lowest BCUT2D eigenvalue weighted by atomic mass is 9.98. The van der Waals surface area contributed by atoms with Gasteiger partial charge in [0, 0.05) is 12.5 Å². The third kappa shape index (κ3) is 4.57. The standard InChI is InChI=1S/C27H25NO4/c1-2-31-26-14-13-19(16-20(26)17-29)8-7-15-28-27(30)32-18-25-23-11-5-3-9-21(23)22-10-4-6-12-24(22)25/h3-14,16-17,25H,2,15,18H2,1H3,(H,28,30). The highest BCUT2D eigenvalue weighted by atomic mass is 16.5. The smallest absolute Gasteiger partial charge is 0.407 e. The summed E-state index contributed by atoms with van der Waals surface area (Å²) in [6.45, 7) is 2.98. The first-order valence-electron chi connectivity index (χ1n) is 10.7. The topological polar surface area (TPSA) is 64.6 Å². The molecule has 1 aliphatic rings. The van der Waals surface area contributed by atoms with Crippen LogP contribution in [0.3, 0.4) is 0 Å². The number of carbonyl (C=O) groups excluding carboxylic acids is 2. The maximum absolute atomic E-state index is 12.2. The highest BCUT2D eigenvalue weighted by Crippen LogP contribution is 2.44. The first-order chi connectivity index (χ1) is 15.7. The van der Waals surface area contributed by atoms with Gasteiger partial charge in [-0.2, -0.15) is 0 Å². The summed E-state index contributed by atoms with van der Waals surface area (Å²) in [4.78, 5) is 23.5. The van der Waals surface area contributed by atoms with Gasteiger partial charge in [-0.1, -0.05) is 66.7 Å². The average molecular weight is 428 g/mol. The largest absolute Gasteiger partial charge is 0.493 e. The van der Waals surface area contributed by atoms with Crippen LogP contribution >= 0.6 is 0 Å². The van der Waals surface area contributed by atoms with Crippen molar-refractivity contribution in [3.8, 4) is 16.9 Å². The van der Waals surface area contributed by atoms with Crippen LogP contribution < -0.4 is 10.1 Å². The molecule has 0 aliphatic heterocycles. The fourth-order valence-electron chi connectivity index (χ4n) is 4.04. The number of aldehydes is 1. The van der Waals surface area contributed by atoms with Gasteiger partial charge >= 0.3 is 6.09 Å². The zero-order valence-corrected chi connectivity index (χ0v) is 17.9. The Morgan fingerprint density at radius 1 is 1.00 bits per heavy atom. The van der Waals surface area contributed by atoms with Gasteiger partial charge in [0.2, 0.25) is 0 Å². The molecule has 3 aromatic rings. The minimum atomic E-state index is -0.461. The van der Waals surface area contributed by atoms with E-state index < -0.39 is 6.09 Å². The van der Waals surface area contributed by atoms with Crippen LogP contribution in [-0.4, -0.2) is 32.1 Å². The molecule has 1 amide bonds. The van der Waals surface area contributed by atoms with Gasteiger partial charge in [0.15, 0.2) is 6.29 Å². The summed E-state index contributed by atoms with van der Waals surface area (Å²) in [5.41, 5.74) is 6.12. The van der Waals surface area contributed by atoms with Crippen molar-refractivity contribution in [2.45, 2.75) is 12.8 Å². The third-order valence-corrected chi connectivity index (χ3v) is 5.48. The second-order valence-corrected chi connectivity index (χ2v) is 7.46. The van der Waals surface area contributed by atoms with E-state index in [-0.39, 0.29) is 12.5 Å². The molecule has 1 N–H and O–H groups in total. The maximum atomic E-state index is 12.2. The fraction of sp³-hybridized carbons (Fsp3) is 0.185. The molecule has 0 saturated heterocycles. The van der Waals surface area contributed by atoms with Crippen LogP contribution in [0.5, 0.6) is 5.75 Å². The Morgan fingerprint density at radius 2 is 1.69 bits per heavy atom. The van der Waals surface area contributed by atoms with Gasteiger partial charge in [-0.25, -0.2) is 4.79 Å². The lowest BCUT2D eigenvalue weighted by molar-refractivity contribution is 0.111. The average Bonchev–Trinajstić information content (AvgIpc) is 3.15. The first kappa shape index (κ1) is 21.4. The predicted octanol–water partition coefficient (Wildman–Crippen LogP) is 5.45. The van der Waals surface area contributed by atoms with Crippen LogP contribution in [0.15, 0.2) is 72.8 Å². The molecule has 3 aromatic carbocycles. The summed E-state index contributed by atoms with van der Waals surface area (Å²) in [6.07, 6.45) is 3.96. The number of hydrogen-bond acceptors (Lipinski definition) is 4. The van der Waals surface area contributed by atoms with E-state index in [2.05, 4.69) is 29.6 Å². The number of nitrogens with one attached hydrogen (secondary N) is 1. The molecule has 5 heteroatoms. The Hall–Kier alpha value is -3.86. The molecule has 0 aromatic heterocycles. The molecular weight excluding hydrogens is 402 g/mol. The van der Waals surface area contributed by atoms with Crippen molar-refractivity contribution in [1.29, 1.82) is 0 Å². The van der Waals surface area contributed by atoms with Crippen molar-refractivity contribution >= 4 is 18.5 Å².